The van der Waals surface area contributed by atoms with Gasteiger partial charge in [-0.1, -0.05) is 54.1 Å². The van der Waals surface area contributed by atoms with Crippen LogP contribution in [0.15, 0.2) is 72.9 Å². The van der Waals surface area contributed by atoms with Crippen molar-refractivity contribution in [1.82, 2.24) is 29.7 Å². The third kappa shape index (κ3) is 3.97. The van der Waals surface area contributed by atoms with Crippen LogP contribution in [0.5, 0.6) is 0 Å². The molecule has 1 amide bonds. The second-order valence-electron chi connectivity index (χ2n) is 7.88. The van der Waals surface area contributed by atoms with Gasteiger partial charge in [0.05, 0.1) is 5.52 Å². The molecule has 1 N–H and O–H groups in total. The average Bonchev–Trinajstić information content (AvgIpc) is 3.40. The van der Waals surface area contributed by atoms with Crippen molar-refractivity contribution in [3.8, 4) is 0 Å². The zero-order chi connectivity index (χ0) is 21.9. The monoisotopic (exact) mass is 424 g/mol. The van der Waals surface area contributed by atoms with Gasteiger partial charge in [-0.3, -0.25) is 13.9 Å². The molecule has 0 bridgehead atoms. The first-order valence-electron chi connectivity index (χ1n) is 10.8. The molecule has 0 saturated heterocycles. The number of aromatic nitrogens is 5. The van der Waals surface area contributed by atoms with Gasteiger partial charge in [0.25, 0.3) is 5.91 Å². The van der Waals surface area contributed by atoms with Crippen LogP contribution in [-0.4, -0.2) is 36.8 Å². The molecule has 0 unspecified atom stereocenters. The Morgan fingerprint density at radius 2 is 1.84 bits per heavy atom. The van der Waals surface area contributed by atoms with E-state index in [1.165, 1.54) is 11.1 Å². The van der Waals surface area contributed by atoms with E-state index in [0.29, 0.717) is 25.2 Å². The summed E-state index contributed by atoms with van der Waals surface area (Å²) in [6.07, 6.45) is 3.37. The number of rotatable bonds is 7. The van der Waals surface area contributed by atoms with Crippen LogP contribution >= 0.6 is 0 Å². The molecule has 2 aromatic carbocycles. The van der Waals surface area contributed by atoms with Crippen LogP contribution in [0.25, 0.3) is 16.6 Å². The van der Waals surface area contributed by atoms with Crippen molar-refractivity contribution >= 4 is 22.5 Å². The molecule has 0 aliphatic heterocycles. The van der Waals surface area contributed by atoms with E-state index in [-0.39, 0.29) is 5.91 Å². The Morgan fingerprint density at radius 1 is 0.969 bits per heavy atom. The van der Waals surface area contributed by atoms with Crippen molar-refractivity contribution in [2.24, 2.45) is 0 Å². The SMILES string of the molecule is Cc1cccc(CCn2nc(C(=O)NCCc3nnc4ccccn34)c3ccccc32)c1. The van der Waals surface area contributed by atoms with E-state index in [2.05, 4.69) is 51.8 Å². The van der Waals surface area contributed by atoms with Crippen LogP contribution in [0, 0.1) is 6.92 Å². The summed E-state index contributed by atoms with van der Waals surface area (Å²) < 4.78 is 3.86. The molecule has 7 heteroatoms. The third-order valence-corrected chi connectivity index (χ3v) is 5.59. The number of nitrogens with one attached hydrogen (secondary N) is 1. The summed E-state index contributed by atoms with van der Waals surface area (Å²) in [5, 5.41) is 16.9. The van der Waals surface area contributed by atoms with Crippen molar-refractivity contribution in [2.45, 2.75) is 26.3 Å². The number of benzene rings is 2. The molecule has 0 aliphatic rings. The van der Waals surface area contributed by atoms with Crippen LogP contribution in [0.1, 0.15) is 27.4 Å². The molecule has 32 heavy (non-hydrogen) atoms. The standard InChI is InChI=1S/C25H24N6O/c1-18-7-6-8-19(17-18)13-16-31-21-10-3-2-9-20(21)24(29-31)25(32)26-14-12-23-28-27-22-11-4-5-15-30(22)23/h2-11,15,17H,12-14,16H2,1H3,(H,26,32). The van der Waals surface area contributed by atoms with E-state index in [1.807, 2.05) is 57.7 Å². The van der Waals surface area contributed by atoms with Gasteiger partial charge in [-0.05, 0) is 37.1 Å². The van der Waals surface area contributed by atoms with Gasteiger partial charge in [0, 0.05) is 31.1 Å². The Labute approximate surface area is 185 Å². The first-order chi connectivity index (χ1) is 15.7. The minimum Gasteiger partial charge on any atom is -0.350 e. The fourth-order valence-corrected chi connectivity index (χ4v) is 4.00. The predicted octanol–water partition coefficient (Wildman–Crippen LogP) is 3.60. The fourth-order valence-electron chi connectivity index (χ4n) is 4.00. The fraction of sp³-hybridized carbons (Fsp3) is 0.200. The van der Waals surface area contributed by atoms with Crippen molar-refractivity contribution in [3.63, 3.8) is 0 Å². The normalized spacial score (nSPS) is 11.3. The highest BCUT2D eigenvalue weighted by Gasteiger charge is 2.17. The second-order valence-corrected chi connectivity index (χ2v) is 7.88. The quantitative estimate of drug-likeness (QED) is 0.433. The maximum atomic E-state index is 13.0. The van der Waals surface area contributed by atoms with Gasteiger partial charge in [-0.15, -0.1) is 10.2 Å². The summed E-state index contributed by atoms with van der Waals surface area (Å²) >= 11 is 0. The number of nitrogens with zero attached hydrogens (tertiary/aromatic N) is 5. The number of hydrogen-bond acceptors (Lipinski definition) is 4. The summed E-state index contributed by atoms with van der Waals surface area (Å²) in [6, 6.07) is 22.1. The maximum absolute atomic E-state index is 13.0. The topological polar surface area (TPSA) is 77.1 Å². The lowest BCUT2D eigenvalue weighted by atomic mass is 10.1. The molecule has 5 aromatic rings. The second kappa shape index (κ2) is 8.63. The van der Waals surface area contributed by atoms with E-state index in [9.17, 15) is 4.79 Å². The summed E-state index contributed by atoms with van der Waals surface area (Å²) in [5.41, 5.74) is 4.72. The highest BCUT2D eigenvalue weighted by Crippen LogP contribution is 2.19. The molecular formula is C25H24N6O. The molecule has 0 fully saturated rings. The molecule has 160 valence electrons. The lowest BCUT2D eigenvalue weighted by molar-refractivity contribution is 0.0949. The van der Waals surface area contributed by atoms with Crippen LogP contribution < -0.4 is 5.32 Å². The van der Waals surface area contributed by atoms with E-state index < -0.39 is 0 Å². The number of pyridine rings is 1. The Balaban J connectivity index is 1.30. The van der Waals surface area contributed by atoms with Gasteiger partial charge in [0.2, 0.25) is 0 Å². The Hall–Kier alpha value is -4.00. The van der Waals surface area contributed by atoms with E-state index in [4.69, 9.17) is 0 Å². The number of para-hydroxylation sites is 1. The average molecular weight is 425 g/mol. The van der Waals surface area contributed by atoms with Gasteiger partial charge >= 0.3 is 0 Å². The van der Waals surface area contributed by atoms with Crippen LogP contribution in [-0.2, 0) is 19.4 Å². The predicted molar refractivity (Wildman–Crippen MR) is 124 cm³/mol. The van der Waals surface area contributed by atoms with Gasteiger partial charge in [-0.2, -0.15) is 5.10 Å². The molecule has 3 heterocycles. The maximum Gasteiger partial charge on any atom is 0.272 e. The van der Waals surface area contributed by atoms with Gasteiger partial charge in [0.15, 0.2) is 11.3 Å². The highest BCUT2D eigenvalue weighted by atomic mass is 16.1. The summed E-state index contributed by atoms with van der Waals surface area (Å²) in [5.74, 6) is 0.638. The smallest absolute Gasteiger partial charge is 0.272 e. The molecule has 0 saturated carbocycles. The first-order valence-corrected chi connectivity index (χ1v) is 10.8. The molecule has 0 radical (unpaired) electrons. The van der Waals surface area contributed by atoms with Gasteiger partial charge in [-0.25, -0.2) is 0 Å². The minimum atomic E-state index is -0.177. The zero-order valence-corrected chi connectivity index (χ0v) is 17.9. The lowest BCUT2D eigenvalue weighted by Gasteiger charge is -2.05. The molecule has 3 aromatic heterocycles. The summed E-state index contributed by atoms with van der Waals surface area (Å²) in [7, 11) is 0. The molecule has 5 rings (SSSR count). The Morgan fingerprint density at radius 3 is 2.75 bits per heavy atom. The lowest BCUT2D eigenvalue weighted by Crippen LogP contribution is -2.27. The zero-order valence-electron chi connectivity index (χ0n) is 17.9. The van der Waals surface area contributed by atoms with Gasteiger partial charge in [0.1, 0.15) is 5.82 Å². The Bertz CT molecular complexity index is 1400. The van der Waals surface area contributed by atoms with E-state index >= 15 is 0 Å². The van der Waals surface area contributed by atoms with Crippen molar-refractivity contribution in [1.29, 1.82) is 0 Å². The van der Waals surface area contributed by atoms with E-state index in [1.54, 1.807) is 0 Å². The van der Waals surface area contributed by atoms with Crippen LogP contribution in [0.3, 0.4) is 0 Å². The third-order valence-electron chi connectivity index (χ3n) is 5.59. The highest BCUT2D eigenvalue weighted by molar-refractivity contribution is 6.04. The molecule has 7 nitrogen and oxygen atoms in total. The molecular weight excluding hydrogens is 400 g/mol. The molecule has 0 aliphatic carbocycles. The first kappa shape index (κ1) is 19.9. The van der Waals surface area contributed by atoms with Crippen molar-refractivity contribution in [2.75, 3.05) is 6.54 Å². The number of fused-ring (bicyclic) bond motifs is 2. The number of aryl methyl sites for hydroxylation is 3. The summed E-state index contributed by atoms with van der Waals surface area (Å²) in [4.78, 5) is 13.0. The number of hydrogen-bond donors (Lipinski definition) is 1. The molecule has 0 atom stereocenters. The Kier molecular flexibility index (Phi) is 5.37. The van der Waals surface area contributed by atoms with Crippen LogP contribution in [0.2, 0.25) is 0 Å². The van der Waals surface area contributed by atoms with Crippen molar-refractivity contribution < 1.29 is 4.79 Å². The van der Waals surface area contributed by atoms with E-state index in [0.717, 1.165) is 28.8 Å². The van der Waals surface area contributed by atoms with Crippen LogP contribution in [0.4, 0.5) is 0 Å². The number of carbonyl (C=O) groups is 1. The minimum absolute atomic E-state index is 0.177. The number of amides is 1. The number of carbonyl (C=O) groups excluding carboxylic acids is 1. The summed E-state index contributed by atoms with van der Waals surface area (Å²) in [6.45, 7) is 3.26. The van der Waals surface area contributed by atoms with Gasteiger partial charge < -0.3 is 5.32 Å². The molecule has 0 spiro atoms. The largest absolute Gasteiger partial charge is 0.350 e. The van der Waals surface area contributed by atoms with Crippen molar-refractivity contribution in [3.05, 3.63) is 95.6 Å².